The van der Waals surface area contributed by atoms with Crippen molar-refractivity contribution >= 4 is 28.3 Å². The second kappa shape index (κ2) is 3.42. The molecule has 1 rings (SSSR count). The molecule has 0 spiro atoms. The molecule has 0 aromatic rings. The molecule has 0 radical (unpaired) electrons. The number of rotatable bonds is 2. The van der Waals surface area contributed by atoms with E-state index in [9.17, 15) is 0 Å². The minimum Gasteiger partial charge on any atom is -0.371 e. The molecule has 1 aliphatic carbocycles. The summed E-state index contributed by atoms with van der Waals surface area (Å²) in [5.41, 5.74) is 0. The van der Waals surface area contributed by atoms with E-state index >= 15 is 0 Å². The fourth-order valence-corrected chi connectivity index (χ4v) is 0.933. The minimum atomic E-state index is 0.926. The van der Waals surface area contributed by atoms with E-state index in [1.165, 1.54) is 12.8 Å². The zero-order chi connectivity index (χ0) is 6.69. The molecule has 0 bridgehead atoms. The smallest absolute Gasteiger partial charge is 0.133 e. The van der Waals surface area contributed by atoms with Crippen molar-refractivity contribution in [2.45, 2.75) is 12.8 Å². The highest BCUT2D eigenvalue weighted by atomic mass is 32.2. The Bertz CT molecular complexity index is 110. The van der Waals surface area contributed by atoms with Gasteiger partial charge < -0.3 is 5.32 Å². The van der Waals surface area contributed by atoms with Crippen LogP contribution in [-0.4, -0.2) is 17.1 Å². The van der Waals surface area contributed by atoms with Crippen molar-refractivity contribution in [3.63, 3.8) is 0 Å². The number of thiocarbonyl (C=S) groups is 1. The van der Waals surface area contributed by atoms with Crippen molar-refractivity contribution in [3.8, 4) is 0 Å². The van der Waals surface area contributed by atoms with Crippen LogP contribution < -0.4 is 5.32 Å². The first-order valence-corrected chi connectivity index (χ1v) is 4.78. The lowest BCUT2D eigenvalue weighted by Gasteiger charge is -2.01. The Morgan fingerprint density at radius 2 is 2.44 bits per heavy atom. The van der Waals surface area contributed by atoms with Gasteiger partial charge in [0, 0.05) is 6.54 Å². The summed E-state index contributed by atoms with van der Waals surface area (Å²) >= 11 is 6.57. The molecule has 0 unspecified atom stereocenters. The predicted octanol–water partition coefficient (Wildman–Crippen LogP) is 1.63. The number of thioether (sulfide) groups is 1. The van der Waals surface area contributed by atoms with Crippen LogP contribution in [0.3, 0.4) is 0 Å². The molecule has 0 amide bonds. The molecule has 1 N–H and O–H groups in total. The van der Waals surface area contributed by atoms with E-state index in [0.717, 1.165) is 16.8 Å². The number of hydrogen-bond donors (Lipinski definition) is 1. The summed E-state index contributed by atoms with van der Waals surface area (Å²) in [5, 5.41) is 3.19. The van der Waals surface area contributed by atoms with Crippen LogP contribution in [-0.2, 0) is 0 Å². The molecule has 0 atom stereocenters. The Kier molecular flexibility index (Phi) is 2.79. The Morgan fingerprint density at radius 3 is 2.89 bits per heavy atom. The molecule has 1 nitrogen and oxygen atoms in total. The maximum Gasteiger partial charge on any atom is 0.133 e. The molecule has 0 aliphatic heterocycles. The second-order valence-corrected chi connectivity index (χ2v) is 3.80. The summed E-state index contributed by atoms with van der Waals surface area (Å²) in [6.45, 7) is 1.10. The van der Waals surface area contributed by atoms with Gasteiger partial charge in [0.15, 0.2) is 0 Å². The van der Waals surface area contributed by atoms with Crippen molar-refractivity contribution in [3.05, 3.63) is 0 Å². The standard InChI is InChI=1S/C6H11NS2/c1-9-6(8)7-4-5-2-3-5/h5H,2-4H2,1H3,(H,7,8). The second-order valence-electron chi connectivity index (χ2n) is 2.32. The lowest BCUT2D eigenvalue weighted by molar-refractivity contribution is 0.783. The van der Waals surface area contributed by atoms with E-state index in [-0.39, 0.29) is 0 Å². The third-order valence-electron chi connectivity index (χ3n) is 1.42. The zero-order valence-electron chi connectivity index (χ0n) is 5.52. The molecule has 1 aliphatic rings. The van der Waals surface area contributed by atoms with Crippen LogP contribution >= 0.6 is 24.0 Å². The van der Waals surface area contributed by atoms with Gasteiger partial charge in [0.25, 0.3) is 0 Å². The molecule has 1 saturated carbocycles. The van der Waals surface area contributed by atoms with Crippen LogP contribution in [0.25, 0.3) is 0 Å². The van der Waals surface area contributed by atoms with E-state index < -0.39 is 0 Å². The van der Waals surface area contributed by atoms with Gasteiger partial charge in [0.1, 0.15) is 4.32 Å². The van der Waals surface area contributed by atoms with Gasteiger partial charge in [-0.05, 0) is 25.0 Å². The van der Waals surface area contributed by atoms with Gasteiger partial charge in [-0.25, -0.2) is 0 Å². The Morgan fingerprint density at radius 1 is 1.78 bits per heavy atom. The van der Waals surface area contributed by atoms with Gasteiger partial charge in [-0.15, -0.1) is 11.8 Å². The van der Waals surface area contributed by atoms with Crippen molar-refractivity contribution in [1.29, 1.82) is 0 Å². The molecule has 9 heavy (non-hydrogen) atoms. The molecule has 52 valence electrons. The van der Waals surface area contributed by atoms with E-state index in [4.69, 9.17) is 12.2 Å². The highest BCUT2D eigenvalue weighted by Crippen LogP contribution is 2.27. The lowest BCUT2D eigenvalue weighted by Crippen LogP contribution is -2.20. The maximum absolute atomic E-state index is 4.95. The highest BCUT2D eigenvalue weighted by molar-refractivity contribution is 8.22. The molecule has 0 heterocycles. The SMILES string of the molecule is CSC(=S)NCC1CC1. The monoisotopic (exact) mass is 161 g/mol. The van der Waals surface area contributed by atoms with Gasteiger partial charge in [0.05, 0.1) is 0 Å². The lowest BCUT2D eigenvalue weighted by atomic mass is 10.4. The average molecular weight is 161 g/mol. The molecule has 1 fully saturated rings. The third kappa shape index (κ3) is 3.06. The summed E-state index contributed by atoms with van der Waals surface area (Å²) in [5.74, 6) is 0.926. The maximum atomic E-state index is 4.95. The predicted molar refractivity (Wildman–Crippen MR) is 46.8 cm³/mol. The fourth-order valence-electron chi connectivity index (χ4n) is 0.622. The first-order valence-electron chi connectivity index (χ1n) is 3.14. The van der Waals surface area contributed by atoms with Gasteiger partial charge in [-0.2, -0.15) is 0 Å². The van der Waals surface area contributed by atoms with Crippen molar-refractivity contribution in [1.82, 2.24) is 5.32 Å². The quantitative estimate of drug-likeness (QED) is 0.618. The van der Waals surface area contributed by atoms with Crippen LogP contribution in [0.1, 0.15) is 12.8 Å². The fraction of sp³-hybridized carbons (Fsp3) is 0.833. The highest BCUT2D eigenvalue weighted by Gasteiger charge is 2.20. The molecule has 0 aromatic carbocycles. The normalized spacial score (nSPS) is 17.4. The number of nitrogens with one attached hydrogen (secondary N) is 1. The van der Waals surface area contributed by atoms with Crippen LogP contribution in [0.4, 0.5) is 0 Å². The van der Waals surface area contributed by atoms with Gasteiger partial charge >= 0.3 is 0 Å². The largest absolute Gasteiger partial charge is 0.371 e. The van der Waals surface area contributed by atoms with Gasteiger partial charge in [-0.3, -0.25) is 0 Å². The van der Waals surface area contributed by atoms with Crippen molar-refractivity contribution < 1.29 is 0 Å². The summed E-state index contributed by atoms with van der Waals surface area (Å²) in [6, 6.07) is 0. The third-order valence-corrected chi connectivity index (χ3v) is 2.58. The van der Waals surface area contributed by atoms with Crippen molar-refractivity contribution in [2.24, 2.45) is 5.92 Å². The van der Waals surface area contributed by atoms with Gasteiger partial charge in [-0.1, -0.05) is 12.2 Å². The molecule has 0 aromatic heterocycles. The average Bonchev–Trinajstić information content (AvgIpc) is 2.65. The molecular weight excluding hydrogens is 150 g/mol. The van der Waals surface area contributed by atoms with Crippen LogP contribution in [0.15, 0.2) is 0 Å². The van der Waals surface area contributed by atoms with Crippen molar-refractivity contribution in [2.75, 3.05) is 12.8 Å². The van der Waals surface area contributed by atoms with Crippen LogP contribution in [0.5, 0.6) is 0 Å². The molecular formula is C6H11NS2. The summed E-state index contributed by atoms with van der Waals surface area (Å²) in [4.78, 5) is 0. The zero-order valence-corrected chi connectivity index (χ0v) is 7.15. The minimum absolute atomic E-state index is 0.926. The first-order chi connectivity index (χ1) is 4.33. The molecule has 0 saturated heterocycles. The first kappa shape index (κ1) is 7.35. The van der Waals surface area contributed by atoms with Crippen LogP contribution in [0, 0.1) is 5.92 Å². The Labute approximate surface area is 65.6 Å². The van der Waals surface area contributed by atoms with Gasteiger partial charge in [0.2, 0.25) is 0 Å². The Balaban J connectivity index is 1.96. The van der Waals surface area contributed by atoms with Crippen LogP contribution in [0.2, 0.25) is 0 Å². The summed E-state index contributed by atoms with van der Waals surface area (Å²) in [6.07, 6.45) is 4.79. The molecule has 3 heteroatoms. The van der Waals surface area contributed by atoms with E-state index in [1.54, 1.807) is 11.8 Å². The summed E-state index contributed by atoms with van der Waals surface area (Å²) < 4.78 is 0.932. The van der Waals surface area contributed by atoms with E-state index in [0.29, 0.717) is 0 Å². The summed E-state index contributed by atoms with van der Waals surface area (Å²) in [7, 11) is 0. The topological polar surface area (TPSA) is 12.0 Å². The Hall–Kier alpha value is 0.240. The number of hydrogen-bond acceptors (Lipinski definition) is 2. The van der Waals surface area contributed by atoms with E-state index in [1.807, 2.05) is 6.26 Å². The van der Waals surface area contributed by atoms with E-state index in [2.05, 4.69) is 5.32 Å².